The fourth-order valence-electron chi connectivity index (χ4n) is 3.54. The summed E-state index contributed by atoms with van der Waals surface area (Å²) in [7, 11) is 1.67. The van der Waals surface area contributed by atoms with Gasteiger partial charge in [-0.1, -0.05) is 19.1 Å². The molecule has 0 bridgehead atoms. The zero-order valence-corrected chi connectivity index (χ0v) is 16.4. The van der Waals surface area contributed by atoms with Crippen LogP contribution >= 0.6 is 11.3 Å². The van der Waals surface area contributed by atoms with Crippen LogP contribution in [0.2, 0.25) is 0 Å². The van der Waals surface area contributed by atoms with Gasteiger partial charge in [0.1, 0.15) is 5.75 Å². The molecule has 1 fully saturated rings. The third kappa shape index (κ3) is 5.08. The Morgan fingerprint density at radius 1 is 1.27 bits per heavy atom. The molecule has 1 aliphatic rings. The van der Waals surface area contributed by atoms with Gasteiger partial charge in [-0.2, -0.15) is 0 Å². The van der Waals surface area contributed by atoms with E-state index in [1.54, 1.807) is 18.4 Å². The Kier molecular flexibility index (Phi) is 6.69. The van der Waals surface area contributed by atoms with Gasteiger partial charge in [0.2, 0.25) is 5.91 Å². The molecule has 1 unspecified atom stereocenters. The normalized spacial score (nSPS) is 16.2. The van der Waals surface area contributed by atoms with Crippen molar-refractivity contribution >= 4 is 17.2 Å². The third-order valence-electron chi connectivity index (χ3n) is 5.23. The Bertz CT molecular complexity index is 705. The molecule has 26 heavy (non-hydrogen) atoms. The van der Waals surface area contributed by atoms with E-state index in [0.29, 0.717) is 24.8 Å². The molecule has 5 heteroatoms. The van der Waals surface area contributed by atoms with Crippen molar-refractivity contribution in [2.75, 3.05) is 20.2 Å². The lowest BCUT2D eigenvalue weighted by molar-refractivity contribution is -0.122. The van der Waals surface area contributed by atoms with Gasteiger partial charge < -0.3 is 15.4 Å². The first kappa shape index (κ1) is 18.9. The van der Waals surface area contributed by atoms with E-state index in [1.807, 2.05) is 12.1 Å². The number of benzene rings is 1. The summed E-state index contributed by atoms with van der Waals surface area (Å²) < 4.78 is 5.20. The minimum Gasteiger partial charge on any atom is -0.497 e. The molecular weight excluding hydrogens is 344 g/mol. The molecule has 0 radical (unpaired) electrons. The summed E-state index contributed by atoms with van der Waals surface area (Å²) in [5.41, 5.74) is 2.35. The van der Waals surface area contributed by atoms with Gasteiger partial charge in [0.05, 0.1) is 13.7 Å². The molecule has 1 aliphatic heterocycles. The van der Waals surface area contributed by atoms with E-state index < -0.39 is 0 Å². The van der Waals surface area contributed by atoms with Crippen LogP contribution in [0.25, 0.3) is 11.1 Å². The van der Waals surface area contributed by atoms with E-state index in [9.17, 15) is 4.79 Å². The van der Waals surface area contributed by atoms with E-state index in [1.165, 1.54) is 28.8 Å². The second-order valence-electron chi connectivity index (χ2n) is 7.08. The second-order valence-corrected chi connectivity index (χ2v) is 8.07. The highest BCUT2D eigenvalue weighted by Crippen LogP contribution is 2.27. The van der Waals surface area contributed by atoms with E-state index in [0.717, 1.165) is 18.8 Å². The van der Waals surface area contributed by atoms with Crippen LogP contribution in [0.15, 0.2) is 35.7 Å². The molecular formula is C21H28N2O2S. The van der Waals surface area contributed by atoms with Crippen molar-refractivity contribution in [3.8, 4) is 16.9 Å². The number of thiophene rings is 1. The zero-order valence-electron chi connectivity index (χ0n) is 15.6. The smallest absolute Gasteiger partial charge is 0.220 e. The number of ether oxygens (including phenoxy) is 1. The molecule has 1 amide bonds. The highest BCUT2D eigenvalue weighted by molar-refractivity contribution is 7.10. The highest BCUT2D eigenvalue weighted by Gasteiger charge is 2.21. The Hall–Kier alpha value is -1.85. The molecule has 2 aromatic rings. The molecule has 0 spiro atoms. The molecule has 1 aromatic carbocycles. The molecule has 140 valence electrons. The topological polar surface area (TPSA) is 50.4 Å². The lowest BCUT2D eigenvalue weighted by Gasteiger charge is -2.27. The molecule has 2 N–H and O–H groups in total. The average Bonchev–Trinajstić information content (AvgIpc) is 3.16. The van der Waals surface area contributed by atoms with Gasteiger partial charge in [0, 0.05) is 11.3 Å². The van der Waals surface area contributed by atoms with E-state index >= 15 is 0 Å². The molecule has 1 saturated heterocycles. The van der Waals surface area contributed by atoms with Gasteiger partial charge in [0.25, 0.3) is 0 Å². The van der Waals surface area contributed by atoms with Crippen LogP contribution in [0.5, 0.6) is 5.75 Å². The molecule has 0 aliphatic carbocycles. The van der Waals surface area contributed by atoms with Crippen molar-refractivity contribution in [2.45, 2.75) is 32.7 Å². The Morgan fingerprint density at radius 2 is 2.00 bits per heavy atom. The van der Waals surface area contributed by atoms with Crippen LogP contribution in [0.1, 0.15) is 31.1 Å². The summed E-state index contributed by atoms with van der Waals surface area (Å²) in [5.74, 6) is 2.15. The number of methoxy groups -OCH3 is 1. The summed E-state index contributed by atoms with van der Waals surface area (Å²) in [6, 6.07) is 10.2. The molecule has 3 rings (SSSR count). The summed E-state index contributed by atoms with van der Waals surface area (Å²) >= 11 is 1.69. The van der Waals surface area contributed by atoms with Crippen LogP contribution in [-0.4, -0.2) is 26.1 Å². The van der Waals surface area contributed by atoms with Crippen molar-refractivity contribution in [3.05, 3.63) is 40.6 Å². The van der Waals surface area contributed by atoms with Gasteiger partial charge >= 0.3 is 0 Å². The van der Waals surface area contributed by atoms with Gasteiger partial charge in [0.15, 0.2) is 0 Å². The molecule has 0 saturated carbocycles. The van der Waals surface area contributed by atoms with Crippen LogP contribution in [0.3, 0.4) is 0 Å². The van der Waals surface area contributed by atoms with Crippen molar-refractivity contribution < 1.29 is 9.53 Å². The standard InChI is InChI=1S/C21H28N2O2S/c1-15(16-7-9-22-10-8-16)11-21(24)23-13-20-12-18(14-26-20)17-3-5-19(25-2)6-4-17/h3-6,12,14-16,22H,7-11,13H2,1-2H3,(H,23,24). The summed E-state index contributed by atoms with van der Waals surface area (Å²) in [5, 5.41) is 8.61. The third-order valence-corrected chi connectivity index (χ3v) is 6.17. The Labute approximate surface area is 160 Å². The number of hydrogen-bond donors (Lipinski definition) is 2. The first-order valence-corrected chi connectivity index (χ1v) is 10.2. The van der Waals surface area contributed by atoms with Gasteiger partial charge in [-0.3, -0.25) is 4.79 Å². The lowest BCUT2D eigenvalue weighted by Crippen LogP contribution is -2.33. The van der Waals surface area contributed by atoms with Crippen LogP contribution in [-0.2, 0) is 11.3 Å². The SMILES string of the molecule is COc1ccc(-c2csc(CNC(=O)CC(C)C3CCNCC3)c2)cc1. The first-order chi connectivity index (χ1) is 12.7. The first-order valence-electron chi connectivity index (χ1n) is 9.35. The van der Waals surface area contributed by atoms with Gasteiger partial charge in [-0.25, -0.2) is 0 Å². The zero-order chi connectivity index (χ0) is 18.4. The summed E-state index contributed by atoms with van der Waals surface area (Å²) in [4.78, 5) is 13.5. The maximum atomic E-state index is 12.3. The van der Waals surface area contributed by atoms with Crippen molar-refractivity contribution in [1.82, 2.24) is 10.6 Å². The largest absolute Gasteiger partial charge is 0.497 e. The van der Waals surface area contributed by atoms with Crippen LogP contribution in [0, 0.1) is 11.8 Å². The van der Waals surface area contributed by atoms with Crippen molar-refractivity contribution in [2.24, 2.45) is 11.8 Å². The maximum absolute atomic E-state index is 12.3. The number of carbonyl (C=O) groups excluding carboxylic acids is 1. The number of piperidine rings is 1. The van der Waals surface area contributed by atoms with E-state index in [2.05, 4.69) is 41.1 Å². The van der Waals surface area contributed by atoms with E-state index in [4.69, 9.17) is 4.74 Å². The van der Waals surface area contributed by atoms with Gasteiger partial charge in [-0.05, 0) is 72.5 Å². The predicted octanol–water partition coefficient (Wildman–Crippen LogP) is 4.07. The summed E-state index contributed by atoms with van der Waals surface area (Å²) in [6.45, 7) is 4.99. The Balaban J connectivity index is 1.48. The molecule has 1 aromatic heterocycles. The number of nitrogens with one attached hydrogen (secondary N) is 2. The van der Waals surface area contributed by atoms with E-state index in [-0.39, 0.29) is 5.91 Å². The maximum Gasteiger partial charge on any atom is 0.220 e. The fourth-order valence-corrected chi connectivity index (χ4v) is 4.37. The highest BCUT2D eigenvalue weighted by atomic mass is 32.1. The number of rotatable bonds is 7. The van der Waals surface area contributed by atoms with Crippen molar-refractivity contribution in [1.29, 1.82) is 0 Å². The van der Waals surface area contributed by atoms with Gasteiger partial charge in [-0.15, -0.1) is 11.3 Å². The quantitative estimate of drug-likeness (QED) is 0.770. The lowest BCUT2D eigenvalue weighted by atomic mass is 9.84. The monoisotopic (exact) mass is 372 g/mol. The van der Waals surface area contributed by atoms with Crippen molar-refractivity contribution in [3.63, 3.8) is 0 Å². The average molecular weight is 373 g/mol. The minimum atomic E-state index is 0.162. The molecule has 4 nitrogen and oxygen atoms in total. The van der Waals surface area contributed by atoms with Crippen LogP contribution < -0.4 is 15.4 Å². The van der Waals surface area contributed by atoms with Crippen LogP contribution in [0.4, 0.5) is 0 Å². The molecule has 2 heterocycles. The number of hydrogen-bond acceptors (Lipinski definition) is 4. The molecule has 1 atom stereocenters. The fraction of sp³-hybridized carbons (Fsp3) is 0.476. The predicted molar refractivity (Wildman–Crippen MR) is 108 cm³/mol. The minimum absolute atomic E-state index is 0.162. The number of amides is 1. The Morgan fingerprint density at radius 3 is 2.69 bits per heavy atom. The summed E-state index contributed by atoms with van der Waals surface area (Å²) in [6.07, 6.45) is 3.00. The number of carbonyl (C=O) groups is 1. The second kappa shape index (κ2) is 9.19.